The lowest BCUT2D eigenvalue weighted by Gasteiger charge is -2.12. The molecule has 0 radical (unpaired) electrons. The van der Waals surface area contributed by atoms with E-state index >= 15 is 0 Å². The predicted molar refractivity (Wildman–Crippen MR) is 92.9 cm³/mol. The van der Waals surface area contributed by atoms with Crippen LogP contribution < -0.4 is 10.6 Å². The van der Waals surface area contributed by atoms with Crippen molar-refractivity contribution in [1.82, 2.24) is 0 Å². The van der Waals surface area contributed by atoms with Crippen molar-refractivity contribution in [3.05, 3.63) is 63.2 Å². The lowest BCUT2D eigenvalue weighted by molar-refractivity contribution is -0.384. The maximum absolute atomic E-state index is 12.5. The van der Waals surface area contributed by atoms with Crippen molar-refractivity contribution in [2.45, 2.75) is 0 Å². The number of rotatable bonds is 7. The lowest BCUT2D eigenvalue weighted by Crippen LogP contribution is -2.16. The minimum Gasteiger partial charge on any atom is -0.383 e. The SMILES string of the molecule is COCCNc1ccc([N+](=O)[O-])cc1C(=O)Nc1ccc(Cl)cc1. The lowest BCUT2D eigenvalue weighted by atomic mass is 10.1. The number of non-ortho nitro benzene ring substituents is 1. The van der Waals surface area contributed by atoms with Gasteiger partial charge in [-0.3, -0.25) is 14.9 Å². The second-order valence-electron chi connectivity index (χ2n) is 4.87. The summed E-state index contributed by atoms with van der Waals surface area (Å²) in [7, 11) is 1.56. The van der Waals surface area contributed by atoms with Crippen LogP contribution in [-0.4, -0.2) is 31.1 Å². The number of amides is 1. The van der Waals surface area contributed by atoms with Crippen molar-refractivity contribution in [2.24, 2.45) is 0 Å². The second-order valence-corrected chi connectivity index (χ2v) is 5.30. The summed E-state index contributed by atoms with van der Waals surface area (Å²) in [6.07, 6.45) is 0. The molecular formula is C16H16ClN3O4. The van der Waals surface area contributed by atoms with Crippen LogP contribution in [0.15, 0.2) is 42.5 Å². The number of nitrogens with zero attached hydrogens (tertiary/aromatic N) is 1. The molecule has 7 nitrogen and oxygen atoms in total. The van der Waals surface area contributed by atoms with Crippen molar-refractivity contribution >= 4 is 34.6 Å². The van der Waals surface area contributed by atoms with E-state index < -0.39 is 10.8 Å². The first-order valence-corrected chi connectivity index (χ1v) is 7.47. The molecule has 2 N–H and O–H groups in total. The molecule has 24 heavy (non-hydrogen) atoms. The van der Waals surface area contributed by atoms with Gasteiger partial charge in [0.1, 0.15) is 0 Å². The number of halogens is 1. The molecule has 2 aromatic carbocycles. The zero-order valence-corrected chi connectivity index (χ0v) is 13.7. The topological polar surface area (TPSA) is 93.5 Å². The first-order valence-electron chi connectivity index (χ1n) is 7.09. The highest BCUT2D eigenvalue weighted by molar-refractivity contribution is 6.30. The van der Waals surface area contributed by atoms with E-state index in [9.17, 15) is 14.9 Å². The fourth-order valence-electron chi connectivity index (χ4n) is 2.01. The molecule has 0 bridgehead atoms. The minimum absolute atomic E-state index is 0.159. The molecule has 0 unspecified atom stereocenters. The Bertz CT molecular complexity index is 735. The summed E-state index contributed by atoms with van der Waals surface area (Å²) < 4.78 is 4.95. The van der Waals surface area contributed by atoms with Gasteiger partial charge in [0, 0.05) is 42.2 Å². The number of ether oxygens (including phenoxy) is 1. The molecule has 2 rings (SSSR count). The molecule has 8 heteroatoms. The highest BCUT2D eigenvalue weighted by Crippen LogP contribution is 2.23. The number of benzene rings is 2. The fourth-order valence-corrected chi connectivity index (χ4v) is 2.13. The summed E-state index contributed by atoms with van der Waals surface area (Å²) in [4.78, 5) is 22.9. The van der Waals surface area contributed by atoms with Crippen molar-refractivity contribution in [2.75, 3.05) is 30.9 Å². The molecule has 0 aliphatic heterocycles. The molecule has 0 spiro atoms. The zero-order chi connectivity index (χ0) is 17.5. The van der Waals surface area contributed by atoms with Gasteiger partial charge in [0.05, 0.1) is 17.1 Å². The Morgan fingerprint density at radius 3 is 2.58 bits per heavy atom. The highest BCUT2D eigenvalue weighted by atomic mass is 35.5. The number of methoxy groups -OCH3 is 1. The number of hydrogen-bond acceptors (Lipinski definition) is 5. The number of carbonyl (C=O) groups excluding carboxylic acids is 1. The van der Waals surface area contributed by atoms with E-state index in [0.717, 1.165) is 0 Å². The summed E-state index contributed by atoms with van der Waals surface area (Å²) in [5.41, 5.74) is 1.05. The van der Waals surface area contributed by atoms with E-state index in [0.29, 0.717) is 29.5 Å². The predicted octanol–water partition coefficient (Wildman–Crippen LogP) is 3.56. The van der Waals surface area contributed by atoms with E-state index in [1.54, 1.807) is 31.4 Å². The molecule has 0 aromatic heterocycles. The average molecular weight is 350 g/mol. The molecule has 0 heterocycles. The largest absolute Gasteiger partial charge is 0.383 e. The molecular weight excluding hydrogens is 334 g/mol. The van der Waals surface area contributed by atoms with Crippen LogP contribution in [0.3, 0.4) is 0 Å². The summed E-state index contributed by atoms with van der Waals surface area (Å²) >= 11 is 5.81. The third kappa shape index (κ3) is 4.68. The van der Waals surface area contributed by atoms with Crippen molar-refractivity contribution in [1.29, 1.82) is 0 Å². The first kappa shape index (κ1) is 17.7. The van der Waals surface area contributed by atoms with Crippen molar-refractivity contribution in [3.63, 3.8) is 0 Å². The van der Waals surface area contributed by atoms with Crippen LogP contribution in [0.2, 0.25) is 5.02 Å². The molecule has 0 saturated heterocycles. The number of anilines is 2. The van der Waals surface area contributed by atoms with E-state index in [1.165, 1.54) is 18.2 Å². The summed E-state index contributed by atoms with van der Waals surface area (Å²) in [5, 5.41) is 17.2. The first-order chi connectivity index (χ1) is 11.5. The Morgan fingerprint density at radius 2 is 1.96 bits per heavy atom. The zero-order valence-electron chi connectivity index (χ0n) is 12.9. The Hall–Kier alpha value is -2.64. The summed E-state index contributed by atoms with van der Waals surface area (Å²) in [5.74, 6) is -0.457. The van der Waals surface area contributed by atoms with Gasteiger partial charge in [0.25, 0.3) is 11.6 Å². The maximum atomic E-state index is 12.5. The van der Waals surface area contributed by atoms with Gasteiger partial charge in [0.15, 0.2) is 0 Å². The molecule has 0 atom stereocenters. The third-order valence-corrected chi connectivity index (χ3v) is 3.43. The van der Waals surface area contributed by atoms with E-state index in [-0.39, 0.29) is 11.3 Å². The Balaban J connectivity index is 2.26. The van der Waals surface area contributed by atoms with Gasteiger partial charge in [0.2, 0.25) is 0 Å². The molecule has 0 saturated carbocycles. The van der Waals surface area contributed by atoms with Gasteiger partial charge in [-0.25, -0.2) is 0 Å². The molecule has 2 aromatic rings. The van der Waals surface area contributed by atoms with Crippen LogP contribution in [0.5, 0.6) is 0 Å². The third-order valence-electron chi connectivity index (χ3n) is 3.18. The normalized spacial score (nSPS) is 10.2. The Kier molecular flexibility index (Phi) is 6.11. The summed E-state index contributed by atoms with van der Waals surface area (Å²) in [6.45, 7) is 0.908. The molecule has 0 fully saturated rings. The van der Waals surface area contributed by atoms with Gasteiger partial charge < -0.3 is 15.4 Å². The van der Waals surface area contributed by atoms with Crippen LogP contribution in [0, 0.1) is 10.1 Å². The fraction of sp³-hybridized carbons (Fsp3) is 0.188. The van der Waals surface area contributed by atoms with Crippen LogP contribution in [0.4, 0.5) is 17.1 Å². The van der Waals surface area contributed by atoms with Gasteiger partial charge in [-0.2, -0.15) is 0 Å². The molecule has 1 amide bonds. The number of nitro benzene ring substituents is 1. The number of nitro groups is 1. The maximum Gasteiger partial charge on any atom is 0.270 e. The van der Waals surface area contributed by atoms with Gasteiger partial charge in [-0.1, -0.05) is 11.6 Å². The highest BCUT2D eigenvalue weighted by Gasteiger charge is 2.17. The molecule has 126 valence electrons. The standard InChI is InChI=1S/C16H16ClN3O4/c1-24-9-8-18-15-7-6-13(20(22)23)10-14(15)16(21)19-12-4-2-11(17)3-5-12/h2-7,10,18H,8-9H2,1H3,(H,19,21). The number of carbonyl (C=O) groups is 1. The Morgan fingerprint density at radius 1 is 1.25 bits per heavy atom. The van der Waals surface area contributed by atoms with E-state index in [4.69, 9.17) is 16.3 Å². The van der Waals surface area contributed by atoms with Crippen LogP contribution in [-0.2, 0) is 4.74 Å². The van der Waals surface area contributed by atoms with Crippen LogP contribution >= 0.6 is 11.6 Å². The smallest absolute Gasteiger partial charge is 0.270 e. The van der Waals surface area contributed by atoms with E-state index in [1.807, 2.05) is 0 Å². The second kappa shape index (κ2) is 8.28. The molecule has 0 aliphatic carbocycles. The minimum atomic E-state index is -0.544. The van der Waals surface area contributed by atoms with Gasteiger partial charge in [-0.05, 0) is 30.3 Å². The monoisotopic (exact) mass is 349 g/mol. The quantitative estimate of drug-likeness (QED) is 0.453. The van der Waals surface area contributed by atoms with Gasteiger partial charge >= 0.3 is 0 Å². The molecule has 0 aliphatic rings. The summed E-state index contributed by atoms with van der Waals surface area (Å²) in [6, 6.07) is 10.7. The number of nitrogens with one attached hydrogen (secondary N) is 2. The van der Waals surface area contributed by atoms with Gasteiger partial charge in [-0.15, -0.1) is 0 Å². The van der Waals surface area contributed by atoms with Crippen LogP contribution in [0.1, 0.15) is 10.4 Å². The van der Waals surface area contributed by atoms with Crippen molar-refractivity contribution in [3.8, 4) is 0 Å². The van der Waals surface area contributed by atoms with E-state index in [2.05, 4.69) is 10.6 Å². The number of hydrogen-bond donors (Lipinski definition) is 2. The van der Waals surface area contributed by atoms with Crippen LogP contribution in [0.25, 0.3) is 0 Å². The average Bonchev–Trinajstić information content (AvgIpc) is 2.57. The van der Waals surface area contributed by atoms with Crippen molar-refractivity contribution < 1.29 is 14.5 Å². The Labute approximate surface area is 143 Å².